The van der Waals surface area contributed by atoms with Gasteiger partial charge in [0.05, 0.1) is 23.7 Å². The Morgan fingerprint density at radius 3 is 2.63 bits per heavy atom. The number of hydrogen-bond acceptors (Lipinski definition) is 8. The molecule has 9 heteroatoms. The molecule has 9 nitrogen and oxygen atoms in total. The summed E-state index contributed by atoms with van der Waals surface area (Å²) in [7, 11) is 0. The predicted octanol–water partition coefficient (Wildman–Crippen LogP) is 2.38. The highest BCUT2D eigenvalue weighted by Crippen LogP contribution is 2.35. The van der Waals surface area contributed by atoms with Crippen LogP contribution in [0.1, 0.15) is 10.4 Å². The zero-order chi connectivity index (χ0) is 18.8. The second kappa shape index (κ2) is 7.12. The summed E-state index contributed by atoms with van der Waals surface area (Å²) >= 11 is 0. The predicted molar refractivity (Wildman–Crippen MR) is 93.7 cm³/mol. The van der Waals surface area contributed by atoms with Crippen LogP contribution < -0.4 is 19.1 Å². The number of anilines is 1. The van der Waals surface area contributed by atoms with Gasteiger partial charge in [0.15, 0.2) is 11.5 Å². The highest BCUT2D eigenvalue weighted by Gasteiger charge is 2.24. The molecule has 2 aromatic rings. The van der Waals surface area contributed by atoms with Crippen molar-refractivity contribution in [1.29, 1.82) is 0 Å². The summed E-state index contributed by atoms with van der Waals surface area (Å²) in [4.78, 5) is 25.3. The first-order valence-corrected chi connectivity index (χ1v) is 8.35. The average Bonchev–Trinajstić information content (AvgIpc) is 3.16. The summed E-state index contributed by atoms with van der Waals surface area (Å²) in [6, 6.07) is 9.07. The van der Waals surface area contributed by atoms with E-state index in [-0.39, 0.29) is 23.8 Å². The lowest BCUT2D eigenvalue weighted by Gasteiger charge is -2.28. The minimum Gasteiger partial charge on any atom is -0.454 e. The summed E-state index contributed by atoms with van der Waals surface area (Å²) in [5.41, 5.74) is 0.413. The number of carbonyl (C=O) groups excluding carboxylic acids is 1. The molecule has 0 amide bonds. The quantitative estimate of drug-likeness (QED) is 0.349. The number of benzene rings is 2. The number of carbonyl (C=O) groups is 1. The number of hydrogen-bond donors (Lipinski definition) is 0. The molecule has 1 saturated heterocycles. The number of ether oxygens (including phenoxy) is 4. The molecule has 2 heterocycles. The Hall–Kier alpha value is -3.33. The van der Waals surface area contributed by atoms with Crippen LogP contribution in [0.2, 0.25) is 0 Å². The smallest absolute Gasteiger partial charge is 0.343 e. The summed E-state index contributed by atoms with van der Waals surface area (Å²) < 4.78 is 21.0. The summed E-state index contributed by atoms with van der Waals surface area (Å²) in [6.07, 6.45) is 0. The van der Waals surface area contributed by atoms with Gasteiger partial charge in [-0.2, -0.15) is 0 Å². The lowest BCUT2D eigenvalue weighted by Crippen LogP contribution is -2.36. The van der Waals surface area contributed by atoms with E-state index in [2.05, 4.69) is 0 Å². The van der Waals surface area contributed by atoms with E-state index in [1.165, 1.54) is 18.2 Å². The molecule has 0 radical (unpaired) electrons. The van der Waals surface area contributed by atoms with Crippen molar-refractivity contribution < 1.29 is 28.7 Å². The molecule has 4 rings (SSSR count). The van der Waals surface area contributed by atoms with Crippen molar-refractivity contribution in [1.82, 2.24) is 0 Å². The van der Waals surface area contributed by atoms with Crippen LogP contribution in [0.25, 0.3) is 0 Å². The van der Waals surface area contributed by atoms with Crippen molar-refractivity contribution in [3.05, 3.63) is 52.1 Å². The third kappa shape index (κ3) is 3.49. The second-order valence-electron chi connectivity index (χ2n) is 5.96. The monoisotopic (exact) mass is 372 g/mol. The van der Waals surface area contributed by atoms with Gasteiger partial charge in [-0.3, -0.25) is 10.1 Å². The van der Waals surface area contributed by atoms with Crippen LogP contribution in [0.4, 0.5) is 11.4 Å². The standard InChI is InChI=1S/C18H16N2O7/c21-18(27-13-2-4-16-17(10-13)26-11-25-16)12-1-3-14(15(9-12)20(22)23)19-5-7-24-8-6-19/h1-4,9-10H,5-8,11H2. The maximum Gasteiger partial charge on any atom is 0.343 e. The van der Waals surface area contributed by atoms with E-state index in [9.17, 15) is 14.9 Å². The molecule has 0 aliphatic carbocycles. The first-order chi connectivity index (χ1) is 13.1. The van der Waals surface area contributed by atoms with Gasteiger partial charge in [-0.05, 0) is 24.3 Å². The van der Waals surface area contributed by atoms with Crippen molar-refractivity contribution in [3.63, 3.8) is 0 Å². The van der Waals surface area contributed by atoms with E-state index < -0.39 is 10.9 Å². The molecule has 140 valence electrons. The zero-order valence-corrected chi connectivity index (χ0v) is 14.3. The molecule has 2 aliphatic heterocycles. The van der Waals surface area contributed by atoms with E-state index in [4.69, 9.17) is 18.9 Å². The number of esters is 1. The van der Waals surface area contributed by atoms with Gasteiger partial charge >= 0.3 is 5.97 Å². The molecule has 2 aromatic carbocycles. The molecule has 1 fully saturated rings. The summed E-state index contributed by atoms with van der Waals surface area (Å²) in [5, 5.41) is 11.5. The average molecular weight is 372 g/mol. The third-order valence-corrected chi connectivity index (χ3v) is 4.31. The Bertz CT molecular complexity index is 893. The van der Waals surface area contributed by atoms with Gasteiger partial charge < -0.3 is 23.8 Å². The normalized spacial score (nSPS) is 15.5. The molecule has 0 unspecified atom stereocenters. The van der Waals surface area contributed by atoms with E-state index >= 15 is 0 Å². The lowest BCUT2D eigenvalue weighted by molar-refractivity contribution is -0.384. The van der Waals surface area contributed by atoms with Crippen molar-refractivity contribution in [2.75, 3.05) is 38.0 Å². The lowest BCUT2D eigenvalue weighted by atomic mass is 10.1. The second-order valence-corrected chi connectivity index (χ2v) is 5.96. The molecular weight excluding hydrogens is 356 g/mol. The maximum atomic E-state index is 12.4. The molecule has 0 saturated carbocycles. The Morgan fingerprint density at radius 2 is 1.85 bits per heavy atom. The number of nitro benzene ring substituents is 1. The molecular formula is C18H16N2O7. The largest absolute Gasteiger partial charge is 0.454 e. The van der Waals surface area contributed by atoms with Crippen LogP contribution in [0.5, 0.6) is 17.2 Å². The third-order valence-electron chi connectivity index (χ3n) is 4.31. The van der Waals surface area contributed by atoms with Crippen LogP contribution in [0, 0.1) is 10.1 Å². The summed E-state index contributed by atoms with van der Waals surface area (Å²) in [5.74, 6) is 0.629. The Morgan fingerprint density at radius 1 is 1.07 bits per heavy atom. The molecule has 0 atom stereocenters. The number of nitrogens with zero attached hydrogens (tertiary/aromatic N) is 2. The molecule has 0 bridgehead atoms. The van der Waals surface area contributed by atoms with E-state index in [0.717, 1.165) is 0 Å². The van der Waals surface area contributed by atoms with Gasteiger partial charge in [-0.15, -0.1) is 0 Å². The summed E-state index contributed by atoms with van der Waals surface area (Å²) in [6.45, 7) is 2.24. The highest BCUT2D eigenvalue weighted by atomic mass is 16.7. The number of rotatable bonds is 4. The van der Waals surface area contributed by atoms with E-state index in [0.29, 0.717) is 43.5 Å². The van der Waals surface area contributed by atoms with Gasteiger partial charge in [0.1, 0.15) is 11.4 Å². The van der Waals surface area contributed by atoms with Crippen LogP contribution in [0.3, 0.4) is 0 Å². The van der Waals surface area contributed by atoms with Crippen molar-refractivity contribution in [3.8, 4) is 17.2 Å². The molecule has 0 N–H and O–H groups in total. The zero-order valence-electron chi connectivity index (χ0n) is 14.3. The maximum absolute atomic E-state index is 12.4. The fraction of sp³-hybridized carbons (Fsp3) is 0.278. The highest BCUT2D eigenvalue weighted by molar-refractivity contribution is 5.93. The van der Waals surface area contributed by atoms with Gasteiger partial charge in [0, 0.05) is 25.2 Å². The van der Waals surface area contributed by atoms with Gasteiger partial charge in [-0.25, -0.2) is 4.79 Å². The fourth-order valence-electron chi connectivity index (χ4n) is 2.97. The Kier molecular flexibility index (Phi) is 4.51. The number of nitro groups is 1. The molecule has 27 heavy (non-hydrogen) atoms. The fourth-order valence-corrected chi connectivity index (χ4v) is 2.97. The van der Waals surface area contributed by atoms with Gasteiger partial charge in [-0.1, -0.05) is 0 Å². The van der Waals surface area contributed by atoms with Crippen molar-refractivity contribution in [2.24, 2.45) is 0 Å². The minimum atomic E-state index is -0.689. The first-order valence-electron chi connectivity index (χ1n) is 8.35. The SMILES string of the molecule is O=C(Oc1ccc2c(c1)OCO2)c1ccc(N2CCOCC2)c([N+](=O)[O-])c1. The molecule has 0 aromatic heterocycles. The van der Waals surface area contributed by atoms with Crippen LogP contribution >= 0.6 is 0 Å². The first kappa shape index (κ1) is 17.1. The Labute approximate surface area is 154 Å². The topological polar surface area (TPSA) is 100 Å². The minimum absolute atomic E-state index is 0.0939. The van der Waals surface area contributed by atoms with E-state index in [1.807, 2.05) is 4.90 Å². The number of morpholine rings is 1. The van der Waals surface area contributed by atoms with Crippen LogP contribution in [0.15, 0.2) is 36.4 Å². The van der Waals surface area contributed by atoms with E-state index in [1.54, 1.807) is 18.2 Å². The molecule has 2 aliphatic rings. The number of fused-ring (bicyclic) bond motifs is 1. The molecule has 0 spiro atoms. The van der Waals surface area contributed by atoms with Gasteiger partial charge in [0.2, 0.25) is 6.79 Å². The van der Waals surface area contributed by atoms with Crippen LogP contribution in [-0.2, 0) is 4.74 Å². The van der Waals surface area contributed by atoms with Crippen LogP contribution in [-0.4, -0.2) is 44.0 Å². The Balaban J connectivity index is 1.56. The van der Waals surface area contributed by atoms with Crippen molar-refractivity contribution in [2.45, 2.75) is 0 Å². The van der Waals surface area contributed by atoms with Crippen molar-refractivity contribution >= 4 is 17.3 Å². The van der Waals surface area contributed by atoms with Gasteiger partial charge in [0.25, 0.3) is 5.69 Å².